The van der Waals surface area contributed by atoms with Crippen LogP contribution < -0.4 is 0 Å². The molecule has 0 spiro atoms. The van der Waals surface area contributed by atoms with E-state index in [4.69, 9.17) is 4.74 Å². The van der Waals surface area contributed by atoms with Crippen molar-refractivity contribution in [2.45, 2.75) is 24.8 Å². The number of ether oxygens (including phenoxy) is 1. The number of benzene rings is 1. The van der Waals surface area contributed by atoms with Crippen LogP contribution in [-0.4, -0.2) is 43.9 Å². The summed E-state index contributed by atoms with van der Waals surface area (Å²) < 4.78 is 32.2. The Hall–Kier alpha value is -0.430. The van der Waals surface area contributed by atoms with Crippen LogP contribution in [0.1, 0.15) is 11.1 Å². The lowest BCUT2D eigenvalue weighted by Gasteiger charge is -2.33. The highest BCUT2D eigenvalue weighted by molar-refractivity contribution is 9.09. The Labute approximate surface area is 122 Å². The van der Waals surface area contributed by atoms with E-state index in [-0.39, 0.29) is 6.04 Å². The molecule has 1 aliphatic heterocycles. The number of sulfonamides is 1. The first-order valence-corrected chi connectivity index (χ1v) is 8.76. The van der Waals surface area contributed by atoms with Gasteiger partial charge in [0.25, 0.3) is 0 Å². The summed E-state index contributed by atoms with van der Waals surface area (Å²) in [4.78, 5) is 0.364. The highest BCUT2D eigenvalue weighted by atomic mass is 79.9. The van der Waals surface area contributed by atoms with Gasteiger partial charge in [0.15, 0.2) is 0 Å². The fraction of sp³-hybridized carbons (Fsp3) is 0.538. The zero-order chi connectivity index (χ0) is 14.0. The van der Waals surface area contributed by atoms with Crippen LogP contribution in [0.25, 0.3) is 0 Å². The number of rotatable bonds is 3. The highest BCUT2D eigenvalue weighted by Gasteiger charge is 2.33. The summed E-state index contributed by atoms with van der Waals surface area (Å²) in [6.07, 6.45) is 0. The first kappa shape index (κ1) is 15.0. The summed E-state index contributed by atoms with van der Waals surface area (Å²) in [7, 11) is -3.44. The second kappa shape index (κ2) is 5.91. The van der Waals surface area contributed by atoms with Crippen LogP contribution in [0.2, 0.25) is 0 Å². The third-order valence-corrected chi connectivity index (χ3v) is 6.13. The summed E-state index contributed by atoms with van der Waals surface area (Å²) in [5, 5.41) is 0.580. The molecule has 0 N–H and O–H groups in total. The lowest BCUT2D eigenvalue weighted by molar-refractivity contribution is 0.0413. The molecule has 106 valence electrons. The van der Waals surface area contributed by atoms with Crippen molar-refractivity contribution in [2.24, 2.45) is 0 Å². The molecule has 1 unspecified atom stereocenters. The van der Waals surface area contributed by atoms with Gasteiger partial charge in [0, 0.05) is 11.9 Å². The van der Waals surface area contributed by atoms with Crippen molar-refractivity contribution in [1.82, 2.24) is 4.31 Å². The Bertz CT molecular complexity index is 559. The Kier molecular flexibility index (Phi) is 4.66. The first-order valence-electron chi connectivity index (χ1n) is 6.19. The average Bonchev–Trinajstić information content (AvgIpc) is 2.41. The quantitative estimate of drug-likeness (QED) is 0.786. The molecule has 1 aromatic rings. The lowest BCUT2D eigenvalue weighted by Crippen LogP contribution is -2.49. The van der Waals surface area contributed by atoms with E-state index in [1.807, 2.05) is 19.9 Å². The predicted molar refractivity (Wildman–Crippen MR) is 78.2 cm³/mol. The van der Waals surface area contributed by atoms with Crippen molar-refractivity contribution >= 4 is 26.0 Å². The zero-order valence-electron chi connectivity index (χ0n) is 11.1. The van der Waals surface area contributed by atoms with Crippen LogP contribution in [0.5, 0.6) is 0 Å². The van der Waals surface area contributed by atoms with E-state index in [1.54, 1.807) is 12.1 Å². The molecule has 1 aromatic carbocycles. The minimum Gasteiger partial charge on any atom is -0.378 e. The average molecular weight is 348 g/mol. The second-order valence-electron chi connectivity index (χ2n) is 4.74. The van der Waals surface area contributed by atoms with Crippen LogP contribution in [0, 0.1) is 13.8 Å². The van der Waals surface area contributed by atoms with E-state index < -0.39 is 10.0 Å². The van der Waals surface area contributed by atoms with Crippen LogP contribution in [0.15, 0.2) is 23.1 Å². The molecule has 1 aliphatic rings. The molecule has 0 aromatic heterocycles. The van der Waals surface area contributed by atoms with Gasteiger partial charge in [-0.05, 0) is 37.1 Å². The monoisotopic (exact) mass is 347 g/mol. The molecule has 0 amide bonds. The minimum atomic E-state index is -3.44. The predicted octanol–water partition coefficient (Wildman–Crippen LogP) is 2.09. The maximum atomic E-state index is 12.7. The SMILES string of the molecule is Cc1ccc(S(=O)(=O)N2CCOCC2CBr)cc1C. The van der Waals surface area contributed by atoms with Gasteiger partial charge in [0.2, 0.25) is 10.0 Å². The Morgan fingerprint density at radius 3 is 2.74 bits per heavy atom. The largest absolute Gasteiger partial charge is 0.378 e. The van der Waals surface area contributed by atoms with Gasteiger partial charge < -0.3 is 4.74 Å². The Morgan fingerprint density at radius 1 is 1.37 bits per heavy atom. The van der Waals surface area contributed by atoms with Crippen molar-refractivity contribution in [2.75, 3.05) is 25.1 Å². The van der Waals surface area contributed by atoms with E-state index in [0.29, 0.717) is 30.0 Å². The number of halogens is 1. The van der Waals surface area contributed by atoms with Gasteiger partial charge in [-0.3, -0.25) is 0 Å². The Balaban J connectivity index is 2.37. The molecule has 4 nitrogen and oxygen atoms in total. The van der Waals surface area contributed by atoms with Gasteiger partial charge in [-0.25, -0.2) is 8.42 Å². The molecule has 1 atom stereocenters. The topological polar surface area (TPSA) is 46.6 Å². The van der Waals surface area contributed by atoms with Crippen LogP contribution >= 0.6 is 15.9 Å². The van der Waals surface area contributed by atoms with Crippen molar-refractivity contribution in [3.8, 4) is 0 Å². The lowest BCUT2D eigenvalue weighted by atomic mass is 10.1. The van der Waals surface area contributed by atoms with E-state index in [2.05, 4.69) is 15.9 Å². The molecule has 2 rings (SSSR count). The summed E-state index contributed by atoms with van der Waals surface area (Å²) in [5.74, 6) is 0. The van der Waals surface area contributed by atoms with Crippen molar-refractivity contribution < 1.29 is 13.2 Å². The summed E-state index contributed by atoms with van der Waals surface area (Å²) in [6, 6.07) is 5.13. The van der Waals surface area contributed by atoms with E-state index in [9.17, 15) is 8.42 Å². The zero-order valence-corrected chi connectivity index (χ0v) is 13.5. The third kappa shape index (κ3) is 3.02. The molecule has 0 radical (unpaired) electrons. The molecule has 1 fully saturated rings. The molecule has 0 saturated carbocycles. The van der Waals surface area contributed by atoms with Gasteiger partial charge >= 0.3 is 0 Å². The normalized spacial score (nSPS) is 21.5. The van der Waals surface area contributed by atoms with Crippen LogP contribution in [0.3, 0.4) is 0 Å². The molecular formula is C13H18BrNO3S. The van der Waals surface area contributed by atoms with E-state index in [0.717, 1.165) is 11.1 Å². The van der Waals surface area contributed by atoms with Crippen molar-refractivity contribution in [3.63, 3.8) is 0 Å². The van der Waals surface area contributed by atoms with E-state index in [1.165, 1.54) is 4.31 Å². The molecule has 0 bridgehead atoms. The molecule has 19 heavy (non-hydrogen) atoms. The summed E-state index contributed by atoms with van der Waals surface area (Å²) in [5.41, 5.74) is 2.09. The first-order chi connectivity index (χ1) is 8.96. The van der Waals surface area contributed by atoms with Gasteiger partial charge in [-0.15, -0.1) is 0 Å². The van der Waals surface area contributed by atoms with Crippen LogP contribution in [0.4, 0.5) is 0 Å². The highest BCUT2D eigenvalue weighted by Crippen LogP contribution is 2.23. The fourth-order valence-corrected chi connectivity index (χ4v) is 4.49. The molecule has 1 heterocycles. The number of morpholine rings is 1. The number of aryl methyl sites for hydroxylation is 2. The van der Waals surface area contributed by atoms with Crippen molar-refractivity contribution in [3.05, 3.63) is 29.3 Å². The van der Waals surface area contributed by atoms with Crippen molar-refractivity contribution in [1.29, 1.82) is 0 Å². The molecule has 0 aliphatic carbocycles. The third-order valence-electron chi connectivity index (χ3n) is 3.44. The van der Waals surface area contributed by atoms with Gasteiger partial charge in [0.05, 0.1) is 24.2 Å². The van der Waals surface area contributed by atoms with E-state index >= 15 is 0 Å². The maximum Gasteiger partial charge on any atom is 0.243 e. The number of hydrogen-bond donors (Lipinski definition) is 0. The van der Waals surface area contributed by atoms with Gasteiger partial charge in [0.1, 0.15) is 0 Å². The Morgan fingerprint density at radius 2 is 2.11 bits per heavy atom. The smallest absolute Gasteiger partial charge is 0.243 e. The molecular weight excluding hydrogens is 330 g/mol. The summed E-state index contributed by atoms with van der Waals surface area (Å²) in [6.45, 7) is 5.20. The van der Waals surface area contributed by atoms with Gasteiger partial charge in [-0.2, -0.15) is 4.31 Å². The second-order valence-corrected chi connectivity index (χ2v) is 7.28. The number of nitrogens with zero attached hydrogens (tertiary/aromatic N) is 1. The minimum absolute atomic E-state index is 0.139. The number of alkyl halides is 1. The fourth-order valence-electron chi connectivity index (χ4n) is 2.09. The maximum absolute atomic E-state index is 12.7. The standard InChI is InChI=1S/C13H18BrNO3S/c1-10-3-4-13(7-11(10)2)19(16,17)15-5-6-18-9-12(15)8-14/h3-4,7,12H,5-6,8-9H2,1-2H3. The summed E-state index contributed by atoms with van der Waals surface area (Å²) >= 11 is 3.36. The molecule has 1 saturated heterocycles. The molecule has 6 heteroatoms. The number of hydrogen-bond acceptors (Lipinski definition) is 3. The van der Waals surface area contributed by atoms with Gasteiger partial charge in [-0.1, -0.05) is 22.0 Å². The van der Waals surface area contributed by atoms with Crippen LogP contribution in [-0.2, 0) is 14.8 Å².